The molecular weight excluding hydrogens is 330 g/mol. The molecule has 26 heavy (non-hydrogen) atoms. The topological polar surface area (TPSA) is 54.9 Å². The molecule has 0 atom stereocenters. The van der Waals surface area contributed by atoms with Gasteiger partial charge in [-0.1, -0.05) is 6.07 Å². The van der Waals surface area contributed by atoms with Gasteiger partial charge in [-0.3, -0.25) is 4.79 Å². The third kappa shape index (κ3) is 4.25. The highest BCUT2D eigenvalue weighted by atomic mass is 16.5. The van der Waals surface area contributed by atoms with Crippen LogP contribution in [-0.2, 0) is 11.2 Å². The molecule has 1 amide bonds. The number of carbonyl (C=O) groups excluding carboxylic acids is 1. The van der Waals surface area contributed by atoms with Gasteiger partial charge in [-0.05, 0) is 42.3 Å². The Balaban J connectivity index is 1.53. The Kier molecular flexibility index (Phi) is 5.94. The fraction of sp³-hybridized carbons (Fsp3) is 0.400. The minimum Gasteiger partial charge on any atom is -0.497 e. The number of ether oxygens (including phenoxy) is 2. The lowest BCUT2D eigenvalue weighted by molar-refractivity contribution is -0.131. The van der Waals surface area contributed by atoms with Crippen LogP contribution in [0.15, 0.2) is 42.6 Å². The normalized spacial score (nSPS) is 14.2. The summed E-state index contributed by atoms with van der Waals surface area (Å²) in [5.74, 6) is 2.71. The Hall–Kier alpha value is -2.76. The number of pyridine rings is 1. The summed E-state index contributed by atoms with van der Waals surface area (Å²) in [7, 11) is 3.28. The van der Waals surface area contributed by atoms with Crippen LogP contribution in [0.1, 0.15) is 12.0 Å². The third-order valence-corrected chi connectivity index (χ3v) is 4.70. The fourth-order valence-electron chi connectivity index (χ4n) is 3.20. The molecule has 0 bridgehead atoms. The second kappa shape index (κ2) is 8.56. The van der Waals surface area contributed by atoms with E-state index in [-0.39, 0.29) is 5.91 Å². The second-order valence-corrected chi connectivity index (χ2v) is 6.23. The van der Waals surface area contributed by atoms with E-state index in [0.717, 1.165) is 49.1 Å². The van der Waals surface area contributed by atoms with Gasteiger partial charge in [0.2, 0.25) is 5.91 Å². The smallest absolute Gasteiger partial charge is 0.223 e. The molecular formula is C20H25N3O3. The summed E-state index contributed by atoms with van der Waals surface area (Å²) in [6.45, 7) is 3.08. The van der Waals surface area contributed by atoms with Gasteiger partial charge in [0.25, 0.3) is 0 Å². The number of aromatic nitrogens is 1. The number of benzene rings is 1. The standard InChI is InChI=1S/C20H25N3O3/c1-25-17-7-8-18(26-2)16(15-17)6-9-20(24)23-13-11-22(12-14-23)19-5-3-4-10-21-19/h3-5,7-8,10,15H,6,9,11-14H2,1-2H3. The van der Waals surface area contributed by atoms with Crippen LogP contribution in [0.5, 0.6) is 11.5 Å². The van der Waals surface area contributed by atoms with Crippen molar-refractivity contribution in [3.05, 3.63) is 48.2 Å². The number of amides is 1. The summed E-state index contributed by atoms with van der Waals surface area (Å²) < 4.78 is 10.7. The number of aryl methyl sites for hydroxylation is 1. The molecule has 2 aromatic rings. The number of anilines is 1. The van der Waals surface area contributed by atoms with Gasteiger partial charge >= 0.3 is 0 Å². The third-order valence-electron chi connectivity index (χ3n) is 4.70. The van der Waals surface area contributed by atoms with Crippen molar-refractivity contribution >= 4 is 11.7 Å². The van der Waals surface area contributed by atoms with Gasteiger partial charge in [0, 0.05) is 38.8 Å². The Morgan fingerprint density at radius 1 is 1.08 bits per heavy atom. The Morgan fingerprint density at radius 2 is 1.88 bits per heavy atom. The monoisotopic (exact) mass is 355 g/mol. The number of rotatable bonds is 6. The first-order valence-corrected chi connectivity index (χ1v) is 8.86. The number of carbonyl (C=O) groups is 1. The van der Waals surface area contributed by atoms with E-state index in [4.69, 9.17) is 9.47 Å². The molecule has 0 N–H and O–H groups in total. The lowest BCUT2D eigenvalue weighted by Crippen LogP contribution is -2.49. The summed E-state index contributed by atoms with van der Waals surface area (Å²) in [6.07, 6.45) is 2.90. The summed E-state index contributed by atoms with van der Waals surface area (Å²) in [5.41, 5.74) is 0.993. The summed E-state index contributed by atoms with van der Waals surface area (Å²) in [6, 6.07) is 11.6. The molecule has 6 heteroatoms. The van der Waals surface area contributed by atoms with Crippen molar-refractivity contribution < 1.29 is 14.3 Å². The number of piperazine rings is 1. The van der Waals surface area contributed by atoms with Crippen LogP contribution < -0.4 is 14.4 Å². The average Bonchev–Trinajstić information content (AvgIpc) is 2.72. The lowest BCUT2D eigenvalue weighted by atomic mass is 10.1. The number of methoxy groups -OCH3 is 2. The van der Waals surface area contributed by atoms with Crippen molar-refractivity contribution in [3.63, 3.8) is 0 Å². The van der Waals surface area contributed by atoms with Crippen molar-refractivity contribution in [2.45, 2.75) is 12.8 Å². The minimum atomic E-state index is 0.176. The van der Waals surface area contributed by atoms with E-state index in [1.807, 2.05) is 41.3 Å². The first-order chi connectivity index (χ1) is 12.7. The molecule has 1 fully saturated rings. The van der Waals surface area contributed by atoms with Crippen LogP contribution in [-0.4, -0.2) is 56.2 Å². The van der Waals surface area contributed by atoms with E-state index in [9.17, 15) is 4.79 Å². The quantitative estimate of drug-likeness (QED) is 0.796. The van der Waals surface area contributed by atoms with E-state index in [0.29, 0.717) is 12.8 Å². The van der Waals surface area contributed by atoms with Crippen LogP contribution in [0.25, 0.3) is 0 Å². The fourth-order valence-corrected chi connectivity index (χ4v) is 3.20. The van der Waals surface area contributed by atoms with Crippen LogP contribution in [0.2, 0.25) is 0 Å². The lowest BCUT2D eigenvalue weighted by Gasteiger charge is -2.35. The molecule has 0 spiro atoms. The number of hydrogen-bond donors (Lipinski definition) is 0. The zero-order chi connectivity index (χ0) is 18.4. The highest BCUT2D eigenvalue weighted by Crippen LogP contribution is 2.25. The van der Waals surface area contributed by atoms with Crippen LogP contribution in [0.4, 0.5) is 5.82 Å². The maximum Gasteiger partial charge on any atom is 0.223 e. The first-order valence-electron chi connectivity index (χ1n) is 8.86. The number of hydrogen-bond acceptors (Lipinski definition) is 5. The van der Waals surface area contributed by atoms with Crippen LogP contribution in [0.3, 0.4) is 0 Å². The molecule has 0 aliphatic carbocycles. The van der Waals surface area contributed by atoms with Gasteiger partial charge in [-0.25, -0.2) is 4.98 Å². The molecule has 0 unspecified atom stereocenters. The molecule has 1 aliphatic heterocycles. The Labute approximate surface area is 154 Å². The van der Waals surface area contributed by atoms with Gasteiger partial charge in [0.15, 0.2) is 0 Å². The molecule has 1 aromatic heterocycles. The summed E-state index contributed by atoms with van der Waals surface area (Å²) in [5, 5.41) is 0. The van der Waals surface area contributed by atoms with E-state index < -0.39 is 0 Å². The zero-order valence-electron chi connectivity index (χ0n) is 15.4. The molecule has 138 valence electrons. The molecule has 1 aliphatic rings. The summed E-state index contributed by atoms with van der Waals surface area (Å²) in [4.78, 5) is 21.1. The highest BCUT2D eigenvalue weighted by Gasteiger charge is 2.21. The molecule has 0 radical (unpaired) electrons. The maximum absolute atomic E-state index is 12.6. The maximum atomic E-state index is 12.6. The van der Waals surface area contributed by atoms with Gasteiger partial charge in [-0.2, -0.15) is 0 Å². The van der Waals surface area contributed by atoms with Crippen LogP contribution >= 0.6 is 0 Å². The van der Waals surface area contributed by atoms with Gasteiger partial charge in [0.05, 0.1) is 14.2 Å². The molecule has 1 aromatic carbocycles. The average molecular weight is 355 g/mol. The Morgan fingerprint density at radius 3 is 2.54 bits per heavy atom. The van der Waals surface area contributed by atoms with E-state index in [2.05, 4.69) is 9.88 Å². The minimum absolute atomic E-state index is 0.176. The van der Waals surface area contributed by atoms with Crippen molar-refractivity contribution in [2.24, 2.45) is 0 Å². The SMILES string of the molecule is COc1ccc(OC)c(CCC(=O)N2CCN(c3ccccn3)CC2)c1. The van der Waals surface area contributed by atoms with Gasteiger partial charge in [0.1, 0.15) is 17.3 Å². The molecule has 6 nitrogen and oxygen atoms in total. The molecule has 1 saturated heterocycles. The van der Waals surface area contributed by atoms with E-state index in [1.54, 1.807) is 20.4 Å². The summed E-state index contributed by atoms with van der Waals surface area (Å²) >= 11 is 0. The molecule has 3 rings (SSSR count). The Bertz CT molecular complexity index is 728. The second-order valence-electron chi connectivity index (χ2n) is 6.23. The van der Waals surface area contributed by atoms with Crippen LogP contribution in [0, 0.1) is 0 Å². The van der Waals surface area contributed by atoms with Crippen molar-refractivity contribution in [2.75, 3.05) is 45.3 Å². The molecule has 2 heterocycles. The highest BCUT2D eigenvalue weighted by molar-refractivity contribution is 5.77. The van der Waals surface area contributed by atoms with Crippen molar-refractivity contribution in [1.29, 1.82) is 0 Å². The first kappa shape index (κ1) is 18.0. The van der Waals surface area contributed by atoms with Crippen molar-refractivity contribution in [1.82, 2.24) is 9.88 Å². The molecule has 0 saturated carbocycles. The van der Waals surface area contributed by atoms with Gasteiger partial charge < -0.3 is 19.3 Å². The predicted molar refractivity (Wildman–Crippen MR) is 101 cm³/mol. The van der Waals surface area contributed by atoms with E-state index >= 15 is 0 Å². The zero-order valence-corrected chi connectivity index (χ0v) is 15.4. The van der Waals surface area contributed by atoms with Crippen molar-refractivity contribution in [3.8, 4) is 11.5 Å². The van der Waals surface area contributed by atoms with E-state index in [1.165, 1.54) is 0 Å². The van der Waals surface area contributed by atoms with Gasteiger partial charge in [-0.15, -0.1) is 0 Å². The predicted octanol–water partition coefficient (Wildman–Crippen LogP) is 2.38. The number of nitrogens with zero attached hydrogens (tertiary/aromatic N) is 3. The largest absolute Gasteiger partial charge is 0.497 e.